The van der Waals surface area contributed by atoms with Gasteiger partial charge in [0.1, 0.15) is 5.54 Å². The standard InChI is InChI=1S/C12H14ClF3N2O2S/c1-17-7-8-6-9(2-3-10(8)13)21(19,20)18-11(4-5-11)12(14,15)16/h2-3,6,17-18H,4-5,7H2,1H3. The number of sulfonamides is 1. The first-order valence-electron chi connectivity index (χ1n) is 6.15. The van der Waals surface area contributed by atoms with Crippen molar-refractivity contribution >= 4 is 21.6 Å². The lowest BCUT2D eigenvalue weighted by Gasteiger charge is -2.21. The van der Waals surface area contributed by atoms with Crippen LogP contribution in [0.5, 0.6) is 0 Å². The molecule has 0 spiro atoms. The lowest BCUT2D eigenvalue weighted by Crippen LogP contribution is -2.47. The Kier molecular flexibility index (Phi) is 4.27. The lowest BCUT2D eigenvalue weighted by atomic mass is 10.2. The maximum absolute atomic E-state index is 12.8. The first-order valence-corrected chi connectivity index (χ1v) is 8.01. The minimum absolute atomic E-state index is 0.229. The van der Waals surface area contributed by atoms with Crippen LogP contribution < -0.4 is 10.0 Å². The molecule has 1 aromatic rings. The van der Waals surface area contributed by atoms with Gasteiger partial charge >= 0.3 is 6.18 Å². The van der Waals surface area contributed by atoms with E-state index in [1.165, 1.54) is 18.2 Å². The molecule has 0 atom stereocenters. The van der Waals surface area contributed by atoms with Gasteiger partial charge in [0.2, 0.25) is 10.0 Å². The van der Waals surface area contributed by atoms with Gasteiger partial charge in [0.05, 0.1) is 4.90 Å². The van der Waals surface area contributed by atoms with Crippen LogP contribution in [-0.2, 0) is 16.6 Å². The Labute approximate surface area is 125 Å². The Bertz CT molecular complexity index is 642. The van der Waals surface area contributed by atoms with E-state index < -0.39 is 21.7 Å². The summed E-state index contributed by atoms with van der Waals surface area (Å²) in [6.07, 6.45) is -5.08. The topological polar surface area (TPSA) is 58.2 Å². The molecule has 1 aromatic carbocycles. The van der Waals surface area contributed by atoms with Gasteiger partial charge < -0.3 is 5.32 Å². The molecule has 0 amide bonds. The van der Waals surface area contributed by atoms with Crippen molar-refractivity contribution in [2.24, 2.45) is 0 Å². The SMILES string of the molecule is CNCc1cc(S(=O)(=O)NC2(C(F)(F)F)CC2)ccc1Cl. The number of benzene rings is 1. The number of halogens is 4. The summed E-state index contributed by atoms with van der Waals surface area (Å²) in [6, 6.07) is 3.82. The molecule has 1 fully saturated rings. The lowest BCUT2D eigenvalue weighted by molar-refractivity contribution is -0.160. The van der Waals surface area contributed by atoms with Crippen molar-refractivity contribution in [2.45, 2.75) is 36.0 Å². The van der Waals surface area contributed by atoms with Crippen LogP contribution in [0.15, 0.2) is 23.1 Å². The normalized spacial score (nSPS) is 17.8. The van der Waals surface area contributed by atoms with Crippen molar-refractivity contribution in [3.05, 3.63) is 28.8 Å². The third-order valence-electron chi connectivity index (χ3n) is 3.32. The zero-order valence-corrected chi connectivity index (χ0v) is 12.7. The van der Waals surface area contributed by atoms with Gasteiger partial charge in [0, 0.05) is 11.6 Å². The fraction of sp³-hybridized carbons (Fsp3) is 0.500. The molecular weight excluding hydrogens is 329 g/mol. The van der Waals surface area contributed by atoms with Crippen molar-refractivity contribution in [1.29, 1.82) is 0 Å². The van der Waals surface area contributed by atoms with Gasteiger partial charge in [-0.1, -0.05) is 11.6 Å². The summed E-state index contributed by atoms with van der Waals surface area (Å²) in [5.74, 6) is 0. The summed E-state index contributed by atoms with van der Waals surface area (Å²) in [7, 11) is -2.60. The minimum atomic E-state index is -4.60. The number of nitrogens with one attached hydrogen (secondary N) is 2. The van der Waals surface area contributed by atoms with Crippen molar-refractivity contribution in [3.63, 3.8) is 0 Å². The maximum atomic E-state index is 12.8. The van der Waals surface area contributed by atoms with Gasteiger partial charge in [-0.05, 0) is 43.7 Å². The van der Waals surface area contributed by atoms with Gasteiger partial charge in [-0.2, -0.15) is 17.9 Å². The third-order valence-corrected chi connectivity index (χ3v) is 5.22. The molecule has 0 saturated heterocycles. The van der Waals surface area contributed by atoms with Crippen LogP contribution in [0.2, 0.25) is 5.02 Å². The zero-order valence-electron chi connectivity index (χ0n) is 11.1. The van der Waals surface area contributed by atoms with E-state index in [4.69, 9.17) is 11.6 Å². The predicted octanol–water partition coefficient (Wildman–Crippen LogP) is 2.43. The van der Waals surface area contributed by atoms with Crippen LogP contribution in [0.1, 0.15) is 18.4 Å². The molecule has 2 N–H and O–H groups in total. The van der Waals surface area contributed by atoms with E-state index in [1.807, 2.05) is 0 Å². The zero-order chi connectivity index (χ0) is 15.9. The third kappa shape index (κ3) is 3.33. The van der Waals surface area contributed by atoms with Crippen LogP contribution in [0.4, 0.5) is 13.2 Å². The minimum Gasteiger partial charge on any atom is -0.316 e. The molecule has 9 heteroatoms. The number of hydrogen-bond donors (Lipinski definition) is 2. The Balaban J connectivity index is 2.31. The second-order valence-corrected chi connectivity index (χ2v) is 7.06. The highest BCUT2D eigenvalue weighted by molar-refractivity contribution is 7.89. The highest BCUT2D eigenvalue weighted by atomic mass is 35.5. The maximum Gasteiger partial charge on any atom is 0.407 e. The van der Waals surface area contributed by atoms with Crippen molar-refractivity contribution in [1.82, 2.24) is 10.0 Å². The highest BCUT2D eigenvalue weighted by Gasteiger charge is 2.65. The Morgan fingerprint density at radius 3 is 2.43 bits per heavy atom. The average Bonchev–Trinajstić information content (AvgIpc) is 3.11. The number of hydrogen-bond acceptors (Lipinski definition) is 3. The Morgan fingerprint density at radius 2 is 1.95 bits per heavy atom. The van der Waals surface area contributed by atoms with E-state index in [9.17, 15) is 21.6 Å². The molecule has 21 heavy (non-hydrogen) atoms. The van der Waals surface area contributed by atoms with Gasteiger partial charge in [0.25, 0.3) is 0 Å². The van der Waals surface area contributed by atoms with Gasteiger partial charge in [-0.15, -0.1) is 0 Å². The summed E-state index contributed by atoms with van der Waals surface area (Å²) >= 11 is 5.91. The van der Waals surface area contributed by atoms with Crippen LogP contribution in [0, 0.1) is 0 Å². The van der Waals surface area contributed by atoms with Crippen molar-refractivity contribution in [3.8, 4) is 0 Å². The van der Waals surface area contributed by atoms with E-state index in [0.29, 0.717) is 17.1 Å². The molecule has 0 aliphatic heterocycles. The highest BCUT2D eigenvalue weighted by Crippen LogP contribution is 2.49. The van der Waals surface area contributed by atoms with Gasteiger partial charge in [-0.25, -0.2) is 8.42 Å². The average molecular weight is 343 g/mol. The second-order valence-electron chi connectivity index (χ2n) is 4.97. The first-order chi connectivity index (χ1) is 9.61. The molecule has 1 saturated carbocycles. The smallest absolute Gasteiger partial charge is 0.316 e. The molecule has 0 heterocycles. The summed E-state index contributed by atoms with van der Waals surface area (Å²) < 4.78 is 64.6. The van der Waals surface area contributed by atoms with E-state index in [-0.39, 0.29) is 17.7 Å². The van der Waals surface area contributed by atoms with Gasteiger partial charge in [-0.3, -0.25) is 0 Å². The Morgan fingerprint density at radius 1 is 1.33 bits per heavy atom. The summed E-state index contributed by atoms with van der Waals surface area (Å²) in [6.45, 7) is 0.312. The van der Waals surface area contributed by atoms with Gasteiger partial charge in [0.15, 0.2) is 0 Å². The van der Waals surface area contributed by atoms with E-state index in [1.54, 1.807) is 11.8 Å². The Hall–Kier alpha value is -0.830. The van der Waals surface area contributed by atoms with Crippen molar-refractivity contribution in [2.75, 3.05) is 7.05 Å². The largest absolute Gasteiger partial charge is 0.407 e. The monoisotopic (exact) mass is 342 g/mol. The van der Waals surface area contributed by atoms with Crippen molar-refractivity contribution < 1.29 is 21.6 Å². The summed E-state index contributed by atoms with van der Waals surface area (Å²) in [5, 5.41) is 3.16. The van der Waals surface area contributed by atoms with Crippen LogP contribution >= 0.6 is 11.6 Å². The van der Waals surface area contributed by atoms with E-state index in [0.717, 1.165) is 0 Å². The number of rotatable bonds is 5. The van der Waals surface area contributed by atoms with Crippen LogP contribution in [0.25, 0.3) is 0 Å². The van der Waals surface area contributed by atoms with Crippen LogP contribution in [0.3, 0.4) is 0 Å². The second kappa shape index (κ2) is 5.42. The fourth-order valence-electron chi connectivity index (χ4n) is 1.93. The molecule has 0 bridgehead atoms. The van der Waals surface area contributed by atoms with E-state index in [2.05, 4.69) is 5.32 Å². The molecule has 0 radical (unpaired) electrons. The molecule has 0 aromatic heterocycles. The predicted molar refractivity (Wildman–Crippen MR) is 72.6 cm³/mol. The molecular formula is C12H14ClF3N2O2S. The quantitative estimate of drug-likeness (QED) is 0.864. The van der Waals surface area contributed by atoms with Crippen LogP contribution in [-0.4, -0.2) is 27.2 Å². The molecule has 118 valence electrons. The summed E-state index contributed by atoms with van der Waals surface area (Å²) in [4.78, 5) is -0.229. The molecule has 1 aliphatic rings. The first kappa shape index (κ1) is 16.5. The van der Waals surface area contributed by atoms with E-state index >= 15 is 0 Å². The fourth-order valence-corrected chi connectivity index (χ4v) is 3.61. The summed E-state index contributed by atoms with van der Waals surface area (Å²) in [5.41, 5.74) is -1.83. The molecule has 1 aliphatic carbocycles. The number of alkyl halides is 3. The molecule has 0 unspecified atom stereocenters. The molecule has 2 rings (SSSR count). The molecule has 4 nitrogen and oxygen atoms in total.